The van der Waals surface area contributed by atoms with Crippen LogP contribution in [0.15, 0.2) is 18.2 Å². The fourth-order valence-corrected chi connectivity index (χ4v) is 1.29. The number of hydrogen-bond donors (Lipinski definition) is 1. The van der Waals surface area contributed by atoms with Crippen LogP contribution in [0.4, 0.5) is 4.39 Å². The third-order valence-corrected chi connectivity index (χ3v) is 2.17. The minimum atomic E-state index is -0.493. The largest absolute Gasteiger partial charge is 0.393 e. The van der Waals surface area contributed by atoms with Gasteiger partial charge in [-0.25, -0.2) is 4.39 Å². The van der Waals surface area contributed by atoms with Crippen molar-refractivity contribution in [2.24, 2.45) is 0 Å². The van der Waals surface area contributed by atoms with E-state index in [1.807, 2.05) is 6.92 Å². The molecule has 0 saturated carbocycles. The van der Waals surface area contributed by atoms with E-state index in [2.05, 4.69) is 0 Å². The van der Waals surface area contributed by atoms with Gasteiger partial charge in [0.05, 0.1) is 6.10 Å². The number of benzene rings is 1. The first kappa shape index (κ1) is 10.5. The Hall–Kier alpha value is -0.600. The first-order chi connectivity index (χ1) is 6.13. The lowest BCUT2D eigenvalue weighted by Gasteiger charge is -2.08. The Kier molecular flexibility index (Phi) is 3.70. The van der Waals surface area contributed by atoms with Crippen molar-refractivity contribution in [2.45, 2.75) is 25.9 Å². The van der Waals surface area contributed by atoms with Crippen molar-refractivity contribution >= 4 is 11.6 Å². The molecule has 0 heterocycles. The molecule has 1 unspecified atom stereocenters. The van der Waals surface area contributed by atoms with Crippen LogP contribution in [0.3, 0.4) is 0 Å². The van der Waals surface area contributed by atoms with Crippen molar-refractivity contribution in [2.75, 3.05) is 0 Å². The van der Waals surface area contributed by atoms with E-state index in [0.29, 0.717) is 23.4 Å². The van der Waals surface area contributed by atoms with Crippen LogP contribution in [0.2, 0.25) is 5.02 Å². The summed E-state index contributed by atoms with van der Waals surface area (Å²) in [7, 11) is 0. The van der Waals surface area contributed by atoms with Crippen molar-refractivity contribution in [3.63, 3.8) is 0 Å². The van der Waals surface area contributed by atoms with E-state index in [1.54, 1.807) is 6.07 Å². The van der Waals surface area contributed by atoms with E-state index < -0.39 is 6.10 Å². The molecular formula is C10H12ClFO. The molecule has 0 bridgehead atoms. The highest BCUT2D eigenvalue weighted by Crippen LogP contribution is 2.16. The molecule has 1 aromatic carbocycles. The van der Waals surface area contributed by atoms with Crippen LogP contribution >= 0.6 is 11.6 Å². The molecule has 0 aliphatic rings. The van der Waals surface area contributed by atoms with E-state index in [1.165, 1.54) is 12.1 Å². The normalized spacial score (nSPS) is 12.9. The summed E-state index contributed by atoms with van der Waals surface area (Å²) in [5, 5.41) is 9.82. The van der Waals surface area contributed by atoms with Gasteiger partial charge in [-0.2, -0.15) is 0 Å². The van der Waals surface area contributed by atoms with Crippen molar-refractivity contribution in [3.8, 4) is 0 Å². The fourth-order valence-electron chi connectivity index (χ4n) is 1.10. The smallest absolute Gasteiger partial charge is 0.126 e. The average Bonchev–Trinajstić information content (AvgIpc) is 2.11. The van der Waals surface area contributed by atoms with E-state index in [9.17, 15) is 9.50 Å². The van der Waals surface area contributed by atoms with Gasteiger partial charge >= 0.3 is 0 Å². The number of hydrogen-bond acceptors (Lipinski definition) is 1. The summed E-state index contributed by atoms with van der Waals surface area (Å²) in [5.74, 6) is -0.308. The van der Waals surface area contributed by atoms with E-state index in [4.69, 9.17) is 11.6 Å². The van der Waals surface area contributed by atoms with Crippen LogP contribution in [0.25, 0.3) is 0 Å². The van der Waals surface area contributed by atoms with Crippen molar-refractivity contribution in [3.05, 3.63) is 34.6 Å². The minimum Gasteiger partial charge on any atom is -0.393 e. The molecule has 1 N–H and O–H groups in total. The lowest BCUT2D eigenvalue weighted by molar-refractivity contribution is 0.169. The lowest BCUT2D eigenvalue weighted by Crippen LogP contribution is -2.09. The zero-order chi connectivity index (χ0) is 9.84. The van der Waals surface area contributed by atoms with Crippen LogP contribution in [-0.4, -0.2) is 11.2 Å². The maximum absolute atomic E-state index is 13.1. The van der Waals surface area contributed by atoms with Crippen LogP contribution in [0.1, 0.15) is 18.9 Å². The van der Waals surface area contributed by atoms with Gasteiger partial charge in [-0.15, -0.1) is 0 Å². The molecule has 72 valence electrons. The molecule has 1 nitrogen and oxygen atoms in total. The predicted molar refractivity (Wildman–Crippen MR) is 51.4 cm³/mol. The Bertz CT molecular complexity index is 288. The van der Waals surface area contributed by atoms with Crippen LogP contribution in [0.5, 0.6) is 0 Å². The zero-order valence-corrected chi connectivity index (χ0v) is 8.18. The molecule has 0 amide bonds. The lowest BCUT2D eigenvalue weighted by atomic mass is 10.1. The minimum absolute atomic E-state index is 0.308. The van der Waals surface area contributed by atoms with E-state index >= 15 is 0 Å². The quantitative estimate of drug-likeness (QED) is 0.799. The van der Waals surface area contributed by atoms with Crippen LogP contribution in [-0.2, 0) is 6.42 Å². The average molecular weight is 203 g/mol. The topological polar surface area (TPSA) is 20.2 Å². The van der Waals surface area contributed by atoms with Crippen molar-refractivity contribution < 1.29 is 9.50 Å². The molecule has 0 fully saturated rings. The number of halogens is 2. The molecule has 1 atom stereocenters. The summed E-state index contributed by atoms with van der Waals surface area (Å²) >= 11 is 5.70. The maximum atomic E-state index is 13.1. The second kappa shape index (κ2) is 4.58. The molecule has 0 radical (unpaired) electrons. The van der Waals surface area contributed by atoms with Gasteiger partial charge in [0.25, 0.3) is 0 Å². The van der Waals surface area contributed by atoms with Gasteiger partial charge in [0, 0.05) is 11.4 Å². The summed E-state index contributed by atoms with van der Waals surface area (Å²) in [6, 6.07) is 4.37. The Morgan fingerprint density at radius 2 is 2.23 bits per heavy atom. The van der Waals surface area contributed by atoms with Gasteiger partial charge in [-0.1, -0.05) is 18.5 Å². The Morgan fingerprint density at radius 3 is 2.85 bits per heavy atom. The van der Waals surface area contributed by atoms with Crippen molar-refractivity contribution in [1.82, 2.24) is 0 Å². The van der Waals surface area contributed by atoms with E-state index in [-0.39, 0.29) is 5.82 Å². The third kappa shape index (κ3) is 2.98. The molecule has 0 aliphatic heterocycles. The highest BCUT2D eigenvalue weighted by Gasteiger charge is 2.07. The summed E-state index contributed by atoms with van der Waals surface area (Å²) in [6.45, 7) is 1.85. The molecule has 1 aromatic rings. The Labute approximate surface area is 82.2 Å². The van der Waals surface area contributed by atoms with Gasteiger partial charge in [-0.05, 0) is 30.2 Å². The van der Waals surface area contributed by atoms with Gasteiger partial charge in [0.2, 0.25) is 0 Å². The second-order valence-electron chi connectivity index (χ2n) is 3.00. The van der Waals surface area contributed by atoms with Crippen LogP contribution in [0, 0.1) is 5.82 Å². The first-order valence-corrected chi connectivity index (χ1v) is 4.63. The van der Waals surface area contributed by atoms with Gasteiger partial charge < -0.3 is 5.11 Å². The zero-order valence-electron chi connectivity index (χ0n) is 7.43. The SMILES string of the molecule is CCC(O)Cc1cc(Cl)ccc1F. The predicted octanol–water partition coefficient (Wildman–Crippen LogP) is 2.79. The van der Waals surface area contributed by atoms with Gasteiger partial charge in [-0.3, -0.25) is 0 Å². The summed E-state index contributed by atoms with van der Waals surface area (Å²) in [5.41, 5.74) is 0.474. The molecule has 0 aliphatic carbocycles. The molecule has 0 spiro atoms. The number of aliphatic hydroxyl groups excluding tert-OH is 1. The highest BCUT2D eigenvalue weighted by molar-refractivity contribution is 6.30. The van der Waals surface area contributed by atoms with Gasteiger partial charge in [0.15, 0.2) is 0 Å². The molecule has 3 heteroatoms. The highest BCUT2D eigenvalue weighted by atomic mass is 35.5. The number of aliphatic hydroxyl groups is 1. The monoisotopic (exact) mass is 202 g/mol. The molecule has 0 saturated heterocycles. The third-order valence-electron chi connectivity index (χ3n) is 1.93. The second-order valence-corrected chi connectivity index (χ2v) is 3.44. The molecule has 0 aromatic heterocycles. The molecular weight excluding hydrogens is 191 g/mol. The van der Waals surface area contributed by atoms with Gasteiger partial charge in [0.1, 0.15) is 5.82 Å². The summed E-state index contributed by atoms with van der Waals surface area (Å²) in [6.07, 6.45) is 0.447. The maximum Gasteiger partial charge on any atom is 0.126 e. The van der Waals surface area contributed by atoms with E-state index in [0.717, 1.165) is 0 Å². The molecule has 1 rings (SSSR count). The Morgan fingerprint density at radius 1 is 1.54 bits per heavy atom. The first-order valence-electron chi connectivity index (χ1n) is 4.25. The summed E-state index contributed by atoms with van der Waals surface area (Å²) in [4.78, 5) is 0. The van der Waals surface area contributed by atoms with Crippen molar-refractivity contribution in [1.29, 1.82) is 0 Å². The fraction of sp³-hybridized carbons (Fsp3) is 0.400. The Balaban J connectivity index is 2.81. The van der Waals surface area contributed by atoms with Crippen LogP contribution < -0.4 is 0 Å². The standard InChI is InChI=1S/C10H12ClFO/c1-2-9(13)6-7-5-8(11)3-4-10(7)12/h3-5,9,13H,2,6H2,1H3. The number of rotatable bonds is 3. The molecule has 13 heavy (non-hydrogen) atoms. The summed E-state index contributed by atoms with van der Waals surface area (Å²) < 4.78 is 13.1.